The smallest absolute Gasteiger partial charge is 0.250 e. The molecule has 0 fully saturated rings. The van der Waals surface area contributed by atoms with Gasteiger partial charge in [-0.25, -0.2) is 5.43 Å². The molecule has 1 heterocycles. The highest BCUT2D eigenvalue weighted by atomic mass is 35.5. The van der Waals surface area contributed by atoms with Gasteiger partial charge in [-0.2, -0.15) is 5.10 Å². The van der Waals surface area contributed by atoms with Crippen molar-refractivity contribution in [2.24, 2.45) is 5.10 Å². The number of aromatic nitrogens is 3. The molecule has 7 nitrogen and oxygen atoms in total. The number of carbonyl (C=O) groups is 1. The number of hydrazone groups is 1. The van der Waals surface area contributed by atoms with Crippen LogP contribution in [-0.2, 0) is 4.79 Å². The molecule has 0 saturated carbocycles. The lowest BCUT2D eigenvalue weighted by atomic mass is 10.2. The quantitative estimate of drug-likeness (QED) is 0.223. The van der Waals surface area contributed by atoms with Gasteiger partial charge in [0.05, 0.1) is 19.1 Å². The molecule has 1 N–H and O–H groups in total. The Morgan fingerprint density at radius 2 is 1.88 bits per heavy atom. The largest absolute Gasteiger partial charge is 0.497 e. The summed E-state index contributed by atoms with van der Waals surface area (Å²) < 4.78 is 7.17. The lowest BCUT2D eigenvalue weighted by Gasteiger charge is -2.10. The topological polar surface area (TPSA) is 81.4 Å². The highest BCUT2D eigenvalue weighted by Crippen LogP contribution is 2.28. The third-order valence-corrected chi connectivity index (χ3v) is 5.74. The molecule has 4 rings (SSSR count). The van der Waals surface area contributed by atoms with E-state index in [-0.39, 0.29) is 11.7 Å². The highest BCUT2D eigenvalue weighted by Gasteiger charge is 2.17. The average molecular weight is 478 g/mol. The second-order valence-electron chi connectivity index (χ2n) is 6.84. The van der Waals surface area contributed by atoms with Crippen molar-refractivity contribution in [3.8, 4) is 22.8 Å². The van der Waals surface area contributed by atoms with Crippen molar-refractivity contribution >= 4 is 35.5 Å². The van der Waals surface area contributed by atoms with Gasteiger partial charge in [0.15, 0.2) is 11.0 Å². The predicted octanol–water partition coefficient (Wildman–Crippen LogP) is 4.84. The van der Waals surface area contributed by atoms with Crippen LogP contribution in [0, 0.1) is 0 Å². The van der Waals surface area contributed by atoms with Gasteiger partial charge in [-0.1, -0.05) is 53.7 Å². The summed E-state index contributed by atoms with van der Waals surface area (Å²) in [6.07, 6.45) is 1.54. The van der Waals surface area contributed by atoms with Gasteiger partial charge >= 0.3 is 0 Å². The van der Waals surface area contributed by atoms with E-state index < -0.39 is 0 Å². The van der Waals surface area contributed by atoms with Crippen LogP contribution in [0.3, 0.4) is 0 Å². The number of rotatable bonds is 8. The Morgan fingerprint density at radius 3 is 2.61 bits per heavy atom. The molecular weight excluding hydrogens is 458 g/mol. The van der Waals surface area contributed by atoms with Crippen LogP contribution >= 0.6 is 23.4 Å². The minimum Gasteiger partial charge on any atom is -0.497 e. The fourth-order valence-electron chi connectivity index (χ4n) is 3.03. The van der Waals surface area contributed by atoms with E-state index in [2.05, 4.69) is 20.7 Å². The van der Waals surface area contributed by atoms with Gasteiger partial charge in [0.2, 0.25) is 0 Å². The molecule has 0 spiro atoms. The molecule has 1 aromatic heterocycles. The van der Waals surface area contributed by atoms with Crippen molar-refractivity contribution in [2.45, 2.75) is 5.16 Å². The summed E-state index contributed by atoms with van der Waals surface area (Å²) in [6, 6.07) is 24.6. The number of nitrogens with zero attached hydrogens (tertiary/aromatic N) is 4. The number of benzene rings is 3. The maximum atomic E-state index is 12.3. The molecule has 0 saturated heterocycles. The summed E-state index contributed by atoms with van der Waals surface area (Å²) in [5.74, 6) is 1.30. The predicted molar refractivity (Wildman–Crippen MR) is 131 cm³/mol. The number of hydrogen-bond acceptors (Lipinski definition) is 6. The molecule has 4 aromatic rings. The van der Waals surface area contributed by atoms with Gasteiger partial charge < -0.3 is 4.74 Å². The average Bonchev–Trinajstić information content (AvgIpc) is 3.27. The summed E-state index contributed by atoms with van der Waals surface area (Å²) in [6.45, 7) is 0. The first-order valence-corrected chi connectivity index (χ1v) is 11.4. The monoisotopic (exact) mass is 477 g/mol. The summed E-state index contributed by atoms with van der Waals surface area (Å²) in [7, 11) is 1.63. The molecule has 0 aliphatic heterocycles. The van der Waals surface area contributed by atoms with Crippen LogP contribution in [0.1, 0.15) is 5.56 Å². The van der Waals surface area contributed by atoms with Gasteiger partial charge in [-0.3, -0.25) is 9.36 Å². The van der Waals surface area contributed by atoms with E-state index in [1.54, 1.807) is 25.5 Å². The van der Waals surface area contributed by atoms with Crippen molar-refractivity contribution in [3.05, 3.63) is 89.4 Å². The normalized spacial score (nSPS) is 11.0. The van der Waals surface area contributed by atoms with Crippen LogP contribution in [-0.4, -0.2) is 39.7 Å². The fourth-order valence-corrected chi connectivity index (χ4v) is 3.97. The standard InChI is InChI=1S/C24H20ClN5O2S/c1-32-21-12-10-18(11-13-21)23-28-29-24(30(23)20-8-3-2-4-9-20)33-16-22(31)27-26-15-17-6-5-7-19(25)14-17/h2-15H,16H2,1H3,(H,27,31)/b26-15-. The minimum atomic E-state index is -0.258. The van der Waals surface area contributed by atoms with E-state index >= 15 is 0 Å². The summed E-state index contributed by atoms with van der Waals surface area (Å²) >= 11 is 7.24. The van der Waals surface area contributed by atoms with E-state index in [1.165, 1.54) is 11.8 Å². The number of amides is 1. The van der Waals surface area contributed by atoms with Crippen LogP contribution in [0.5, 0.6) is 5.75 Å². The van der Waals surface area contributed by atoms with Gasteiger partial charge in [0, 0.05) is 16.3 Å². The Bertz CT molecular complexity index is 1260. The zero-order chi connectivity index (χ0) is 23.0. The first-order chi connectivity index (χ1) is 16.1. The minimum absolute atomic E-state index is 0.125. The van der Waals surface area contributed by atoms with Crippen LogP contribution in [0.4, 0.5) is 0 Å². The van der Waals surface area contributed by atoms with E-state index in [0.29, 0.717) is 16.0 Å². The zero-order valence-corrected chi connectivity index (χ0v) is 19.3. The SMILES string of the molecule is COc1ccc(-c2nnc(SCC(=O)N/N=C\c3cccc(Cl)c3)n2-c2ccccc2)cc1. The summed E-state index contributed by atoms with van der Waals surface area (Å²) in [5.41, 5.74) is 5.10. The number of thioether (sulfide) groups is 1. The van der Waals surface area contributed by atoms with E-state index in [1.807, 2.05) is 71.3 Å². The lowest BCUT2D eigenvalue weighted by Crippen LogP contribution is -2.20. The fraction of sp³-hybridized carbons (Fsp3) is 0.0833. The Kier molecular flexibility index (Phi) is 7.39. The third-order valence-electron chi connectivity index (χ3n) is 4.58. The maximum absolute atomic E-state index is 12.3. The molecule has 3 aromatic carbocycles. The van der Waals surface area contributed by atoms with E-state index in [0.717, 1.165) is 22.6 Å². The molecule has 0 radical (unpaired) electrons. The Morgan fingerprint density at radius 1 is 1.09 bits per heavy atom. The lowest BCUT2D eigenvalue weighted by molar-refractivity contribution is -0.118. The van der Waals surface area contributed by atoms with Crippen LogP contribution in [0.2, 0.25) is 5.02 Å². The number of halogens is 1. The summed E-state index contributed by atoms with van der Waals surface area (Å²) in [5, 5.41) is 13.9. The molecule has 0 atom stereocenters. The second-order valence-corrected chi connectivity index (χ2v) is 8.22. The summed E-state index contributed by atoms with van der Waals surface area (Å²) in [4.78, 5) is 12.3. The molecule has 166 valence electrons. The Hall–Kier alpha value is -3.62. The van der Waals surface area contributed by atoms with E-state index in [9.17, 15) is 4.79 Å². The number of para-hydroxylation sites is 1. The Labute approximate surface area is 200 Å². The highest BCUT2D eigenvalue weighted by molar-refractivity contribution is 7.99. The zero-order valence-electron chi connectivity index (χ0n) is 17.7. The van der Waals surface area contributed by atoms with Crippen molar-refractivity contribution in [1.82, 2.24) is 20.2 Å². The van der Waals surface area contributed by atoms with Crippen LogP contribution in [0.15, 0.2) is 89.1 Å². The van der Waals surface area contributed by atoms with Gasteiger partial charge in [0.25, 0.3) is 5.91 Å². The number of methoxy groups -OCH3 is 1. The maximum Gasteiger partial charge on any atom is 0.250 e. The third kappa shape index (κ3) is 5.79. The molecule has 0 aliphatic carbocycles. The van der Waals surface area contributed by atoms with Crippen molar-refractivity contribution in [1.29, 1.82) is 0 Å². The van der Waals surface area contributed by atoms with Crippen molar-refractivity contribution in [2.75, 3.05) is 12.9 Å². The molecular formula is C24H20ClN5O2S. The molecule has 0 unspecified atom stereocenters. The Balaban J connectivity index is 1.50. The van der Waals surface area contributed by atoms with E-state index in [4.69, 9.17) is 16.3 Å². The first-order valence-electron chi connectivity index (χ1n) is 9.99. The first kappa shape index (κ1) is 22.6. The molecule has 9 heteroatoms. The molecule has 33 heavy (non-hydrogen) atoms. The molecule has 0 aliphatic rings. The number of carbonyl (C=O) groups excluding carboxylic acids is 1. The van der Waals surface area contributed by atoms with Crippen molar-refractivity contribution < 1.29 is 9.53 Å². The second kappa shape index (κ2) is 10.8. The number of nitrogens with one attached hydrogen (secondary N) is 1. The molecule has 1 amide bonds. The molecule has 0 bridgehead atoms. The van der Waals surface area contributed by atoms with Crippen molar-refractivity contribution in [3.63, 3.8) is 0 Å². The van der Waals surface area contributed by atoms with Crippen LogP contribution in [0.25, 0.3) is 17.1 Å². The number of hydrogen-bond donors (Lipinski definition) is 1. The van der Waals surface area contributed by atoms with Gasteiger partial charge in [-0.05, 0) is 54.1 Å². The van der Waals surface area contributed by atoms with Crippen LogP contribution < -0.4 is 10.2 Å². The number of ether oxygens (including phenoxy) is 1. The van der Waals surface area contributed by atoms with Gasteiger partial charge in [0.1, 0.15) is 5.75 Å². The van der Waals surface area contributed by atoms with Gasteiger partial charge in [-0.15, -0.1) is 10.2 Å².